The molecule has 1 aliphatic heterocycles. The van der Waals surface area contributed by atoms with Gasteiger partial charge in [-0.25, -0.2) is 0 Å². The predicted octanol–water partition coefficient (Wildman–Crippen LogP) is 3.85. The minimum atomic E-state index is 0.392. The summed E-state index contributed by atoms with van der Waals surface area (Å²) in [4.78, 5) is 6.86. The monoisotopic (exact) mass is 238 g/mol. The van der Waals surface area contributed by atoms with E-state index in [4.69, 9.17) is 11.6 Å². The number of nitrogens with zero attached hydrogens (tertiary/aromatic N) is 2. The summed E-state index contributed by atoms with van der Waals surface area (Å²) in [5.74, 6) is 0.392. The maximum atomic E-state index is 6.25. The minimum Gasteiger partial charge on any atom is -0.370 e. The topological polar surface area (TPSA) is 16.1 Å². The number of hydrogen-bond acceptors (Lipinski definition) is 2. The first-order valence-electron chi connectivity index (χ1n) is 6.09. The van der Waals surface area contributed by atoms with Gasteiger partial charge in [0, 0.05) is 13.1 Å². The molecule has 2 rings (SSSR count). The molecule has 0 atom stereocenters. The highest BCUT2D eigenvalue weighted by Gasteiger charge is 2.14. The van der Waals surface area contributed by atoms with Crippen molar-refractivity contribution in [2.45, 2.75) is 39.0 Å². The summed E-state index contributed by atoms with van der Waals surface area (Å²) in [6.07, 6.45) is 5.88. The summed E-state index contributed by atoms with van der Waals surface area (Å²) in [7, 11) is 0. The van der Waals surface area contributed by atoms with Crippen LogP contribution in [0.3, 0.4) is 0 Å². The fourth-order valence-electron chi connectivity index (χ4n) is 2.19. The number of pyridine rings is 1. The van der Waals surface area contributed by atoms with Gasteiger partial charge in [0.1, 0.15) is 0 Å². The quantitative estimate of drug-likeness (QED) is 0.778. The Morgan fingerprint density at radius 1 is 1.25 bits per heavy atom. The van der Waals surface area contributed by atoms with E-state index < -0.39 is 0 Å². The van der Waals surface area contributed by atoms with Crippen LogP contribution in [0, 0.1) is 0 Å². The van der Waals surface area contributed by atoms with Crippen molar-refractivity contribution in [1.82, 2.24) is 4.98 Å². The molecule has 0 amide bonds. The van der Waals surface area contributed by atoms with Gasteiger partial charge in [0.25, 0.3) is 0 Å². The smallest absolute Gasteiger partial charge is 0.0644 e. The van der Waals surface area contributed by atoms with Crippen LogP contribution in [0.25, 0.3) is 0 Å². The van der Waals surface area contributed by atoms with E-state index in [0.29, 0.717) is 5.92 Å². The van der Waals surface area contributed by atoms with E-state index in [1.165, 1.54) is 24.9 Å². The van der Waals surface area contributed by atoms with Crippen LogP contribution in [0.15, 0.2) is 12.3 Å². The van der Waals surface area contributed by atoms with E-state index in [2.05, 4.69) is 29.8 Å². The molecule has 0 aromatic carbocycles. The van der Waals surface area contributed by atoms with E-state index in [9.17, 15) is 0 Å². The molecule has 16 heavy (non-hydrogen) atoms. The standard InChI is InChI=1S/C13H19ClN2/c1-10(2)13-12(14)8-11(9-15-13)16-6-4-3-5-7-16/h8-10H,3-7H2,1-2H3. The van der Waals surface area contributed by atoms with Crippen LogP contribution >= 0.6 is 11.6 Å². The summed E-state index contributed by atoms with van der Waals surface area (Å²) >= 11 is 6.25. The molecule has 2 heterocycles. The second kappa shape index (κ2) is 5.05. The summed E-state index contributed by atoms with van der Waals surface area (Å²) < 4.78 is 0. The van der Waals surface area contributed by atoms with Crippen molar-refractivity contribution in [1.29, 1.82) is 0 Å². The lowest BCUT2D eigenvalue weighted by Gasteiger charge is -2.28. The van der Waals surface area contributed by atoms with Crippen molar-refractivity contribution in [3.05, 3.63) is 23.0 Å². The van der Waals surface area contributed by atoms with Gasteiger partial charge in [-0.3, -0.25) is 4.98 Å². The van der Waals surface area contributed by atoms with Gasteiger partial charge in [-0.2, -0.15) is 0 Å². The van der Waals surface area contributed by atoms with E-state index >= 15 is 0 Å². The summed E-state index contributed by atoms with van der Waals surface area (Å²) in [6.45, 7) is 6.52. The molecular weight excluding hydrogens is 220 g/mol. The highest BCUT2D eigenvalue weighted by Crippen LogP contribution is 2.27. The molecule has 1 aromatic rings. The van der Waals surface area contributed by atoms with Gasteiger partial charge < -0.3 is 4.90 Å². The maximum Gasteiger partial charge on any atom is 0.0644 e. The number of aromatic nitrogens is 1. The number of anilines is 1. The molecule has 0 saturated carbocycles. The van der Waals surface area contributed by atoms with Gasteiger partial charge in [-0.1, -0.05) is 25.4 Å². The average molecular weight is 239 g/mol. The highest BCUT2D eigenvalue weighted by molar-refractivity contribution is 6.31. The molecule has 0 unspecified atom stereocenters. The Morgan fingerprint density at radius 2 is 1.94 bits per heavy atom. The van der Waals surface area contributed by atoms with E-state index in [1.807, 2.05) is 6.20 Å². The maximum absolute atomic E-state index is 6.25. The third-order valence-electron chi connectivity index (χ3n) is 3.12. The van der Waals surface area contributed by atoms with Gasteiger partial charge in [0.15, 0.2) is 0 Å². The lowest BCUT2D eigenvalue weighted by atomic mass is 10.1. The minimum absolute atomic E-state index is 0.392. The number of hydrogen-bond donors (Lipinski definition) is 0. The SMILES string of the molecule is CC(C)c1ncc(N2CCCCC2)cc1Cl. The molecule has 0 N–H and O–H groups in total. The molecule has 3 heteroatoms. The fraction of sp³-hybridized carbons (Fsp3) is 0.615. The van der Waals surface area contributed by atoms with Gasteiger partial charge in [0.05, 0.1) is 22.6 Å². The van der Waals surface area contributed by atoms with Crippen LogP contribution in [-0.4, -0.2) is 18.1 Å². The van der Waals surface area contributed by atoms with Crippen molar-refractivity contribution in [2.75, 3.05) is 18.0 Å². The van der Waals surface area contributed by atoms with Crippen LogP contribution in [-0.2, 0) is 0 Å². The summed E-state index contributed by atoms with van der Waals surface area (Å²) in [6, 6.07) is 2.06. The molecule has 1 fully saturated rings. The number of piperidine rings is 1. The van der Waals surface area contributed by atoms with Crippen molar-refractivity contribution in [3.8, 4) is 0 Å². The molecule has 88 valence electrons. The largest absolute Gasteiger partial charge is 0.370 e. The van der Waals surface area contributed by atoms with Crippen molar-refractivity contribution in [2.24, 2.45) is 0 Å². The molecule has 0 radical (unpaired) electrons. The highest BCUT2D eigenvalue weighted by atomic mass is 35.5. The second-order valence-electron chi connectivity index (χ2n) is 4.76. The first kappa shape index (κ1) is 11.7. The molecule has 1 aromatic heterocycles. The molecule has 0 aliphatic carbocycles. The molecule has 1 saturated heterocycles. The van der Waals surface area contributed by atoms with Gasteiger partial charge in [-0.15, -0.1) is 0 Å². The van der Waals surface area contributed by atoms with Crippen molar-refractivity contribution < 1.29 is 0 Å². The van der Waals surface area contributed by atoms with E-state index in [0.717, 1.165) is 23.8 Å². The van der Waals surface area contributed by atoms with Crippen LogP contribution in [0.4, 0.5) is 5.69 Å². The van der Waals surface area contributed by atoms with Gasteiger partial charge >= 0.3 is 0 Å². The van der Waals surface area contributed by atoms with Gasteiger partial charge in [0.2, 0.25) is 0 Å². The van der Waals surface area contributed by atoms with E-state index in [1.54, 1.807) is 0 Å². The lowest BCUT2D eigenvalue weighted by Crippen LogP contribution is -2.29. The van der Waals surface area contributed by atoms with E-state index in [-0.39, 0.29) is 0 Å². The van der Waals surface area contributed by atoms with Crippen LogP contribution in [0.1, 0.15) is 44.7 Å². The fourth-order valence-corrected chi connectivity index (χ4v) is 2.57. The van der Waals surface area contributed by atoms with Gasteiger partial charge in [-0.05, 0) is 31.2 Å². The lowest BCUT2D eigenvalue weighted by molar-refractivity contribution is 0.577. The van der Waals surface area contributed by atoms with Crippen molar-refractivity contribution >= 4 is 17.3 Å². The third-order valence-corrected chi connectivity index (χ3v) is 3.43. The molecule has 1 aliphatic rings. The third kappa shape index (κ3) is 2.49. The Bertz CT molecular complexity index is 357. The molecule has 0 bridgehead atoms. The first-order valence-corrected chi connectivity index (χ1v) is 6.46. The zero-order valence-corrected chi connectivity index (χ0v) is 10.8. The van der Waals surface area contributed by atoms with Crippen LogP contribution in [0.5, 0.6) is 0 Å². The molecule has 2 nitrogen and oxygen atoms in total. The zero-order valence-electron chi connectivity index (χ0n) is 10.0. The number of rotatable bonds is 2. The number of halogens is 1. The Morgan fingerprint density at radius 3 is 2.50 bits per heavy atom. The molecule has 0 spiro atoms. The second-order valence-corrected chi connectivity index (χ2v) is 5.17. The summed E-state index contributed by atoms with van der Waals surface area (Å²) in [5.41, 5.74) is 2.18. The van der Waals surface area contributed by atoms with Crippen molar-refractivity contribution in [3.63, 3.8) is 0 Å². The normalized spacial score (nSPS) is 16.9. The Labute approximate surface area is 103 Å². The zero-order chi connectivity index (χ0) is 11.5. The Hall–Kier alpha value is -0.760. The van der Waals surface area contributed by atoms with Crippen LogP contribution in [0.2, 0.25) is 5.02 Å². The summed E-state index contributed by atoms with van der Waals surface area (Å²) in [5, 5.41) is 0.804. The average Bonchev–Trinajstić information content (AvgIpc) is 2.29. The Balaban J connectivity index is 2.19. The Kier molecular flexibility index (Phi) is 3.70. The first-order chi connectivity index (χ1) is 7.68. The predicted molar refractivity (Wildman–Crippen MR) is 69.4 cm³/mol. The van der Waals surface area contributed by atoms with Crippen LogP contribution < -0.4 is 4.90 Å². The molecular formula is C13H19ClN2.